The maximum absolute atomic E-state index is 10.3. The van der Waals surface area contributed by atoms with Crippen molar-refractivity contribution in [3.05, 3.63) is 71.4 Å². The molecule has 2 aromatic carbocycles. The number of anilines is 3. The topological polar surface area (TPSA) is 79.3 Å². The molecule has 3 N–H and O–H groups in total. The molecular formula is C19H19ClN4O2. The van der Waals surface area contributed by atoms with Crippen LogP contribution >= 0.6 is 11.6 Å². The van der Waals surface area contributed by atoms with E-state index in [1.165, 1.54) is 0 Å². The highest BCUT2D eigenvalue weighted by atomic mass is 35.5. The van der Waals surface area contributed by atoms with Crippen molar-refractivity contribution >= 4 is 29.1 Å². The van der Waals surface area contributed by atoms with E-state index in [0.717, 1.165) is 11.3 Å². The first-order valence-corrected chi connectivity index (χ1v) is 8.43. The fourth-order valence-electron chi connectivity index (χ4n) is 2.38. The van der Waals surface area contributed by atoms with Gasteiger partial charge in [-0.05, 0) is 42.0 Å². The minimum atomic E-state index is -0.690. The van der Waals surface area contributed by atoms with E-state index in [9.17, 15) is 5.11 Å². The lowest BCUT2D eigenvalue weighted by molar-refractivity contribution is 0.191. The van der Waals surface area contributed by atoms with Gasteiger partial charge < -0.3 is 20.5 Å². The average Bonchev–Trinajstić information content (AvgIpc) is 2.66. The van der Waals surface area contributed by atoms with Gasteiger partial charge >= 0.3 is 0 Å². The molecule has 1 aromatic heterocycles. The Bertz CT molecular complexity index is 875. The molecule has 1 atom stereocenters. The Morgan fingerprint density at radius 2 is 2.00 bits per heavy atom. The molecule has 0 aliphatic rings. The third-order valence-corrected chi connectivity index (χ3v) is 3.93. The second kappa shape index (κ2) is 8.51. The van der Waals surface area contributed by atoms with Crippen LogP contribution in [0.1, 0.15) is 11.7 Å². The molecular weight excluding hydrogens is 352 g/mol. The van der Waals surface area contributed by atoms with Crippen LogP contribution in [0.3, 0.4) is 0 Å². The minimum Gasteiger partial charge on any atom is -0.497 e. The number of nitrogens with zero attached hydrogens (tertiary/aromatic N) is 2. The van der Waals surface area contributed by atoms with Crippen molar-refractivity contribution < 1.29 is 9.84 Å². The maximum atomic E-state index is 10.3. The van der Waals surface area contributed by atoms with E-state index < -0.39 is 6.10 Å². The van der Waals surface area contributed by atoms with E-state index in [1.807, 2.05) is 30.3 Å². The van der Waals surface area contributed by atoms with Crippen molar-refractivity contribution in [3.8, 4) is 5.75 Å². The number of rotatable bonds is 7. The highest BCUT2D eigenvalue weighted by Crippen LogP contribution is 2.21. The predicted octanol–water partition coefficient (Wildman–Crippen LogP) is 4.03. The molecule has 0 aliphatic heterocycles. The molecule has 1 heterocycles. The molecule has 0 amide bonds. The zero-order valence-corrected chi connectivity index (χ0v) is 14.9. The quantitative estimate of drug-likeness (QED) is 0.582. The number of aliphatic hydroxyl groups excluding tert-OH is 1. The fraction of sp³-hybridized carbons (Fsp3) is 0.158. The van der Waals surface area contributed by atoms with E-state index in [0.29, 0.717) is 29.1 Å². The van der Waals surface area contributed by atoms with E-state index in [1.54, 1.807) is 37.6 Å². The van der Waals surface area contributed by atoms with Gasteiger partial charge in [0.1, 0.15) is 11.6 Å². The molecule has 3 rings (SSSR count). The third-order valence-electron chi connectivity index (χ3n) is 3.69. The van der Waals surface area contributed by atoms with Crippen LogP contribution < -0.4 is 15.4 Å². The lowest BCUT2D eigenvalue weighted by Gasteiger charge is -2.14. The van der Waals surface area contributed by atoms with Crippen LogP contribution in [0.25, 0.3) is 0 Å². The molecule has 0 saturated carbocycles. The Morgan fingerprint density at radius 1 is 1.15 bits per heavy atom. The molecule has 1 unspecified atom stereocenters. The summed E-state index contributed by atoms with van der Waals surface area (Å²) < 4.78 is 5.18. The molecule has 0 saturated heterocycles. The van der Waals surface area contributed by atoms with Crippen LogP contribution in [-0.4, -0.2) is 28.7 Å². The SMILES string of the molecule is COc1cccc(C(O)CNc2ccnc(Nc3cccc(Cl)c3)n2)c1. The first kappa shape index (κ1) is 18.0. The van der Waals surface area contributed by atoms with Crippen molar-refractivity contribution in [1.29, 1.82) is 0 Å². The number of aromatic nitrogens is 2. The van der Waals surface area contributed by atoms with Crippen LogP contribution in [0.2, 0.25) is 5.02 Å². The maximum Gasteiger partial charge on any atom is 0.229 e. The summed E-state index contributed by atoms with van der Waals surface area (Å²) >= 11 is 5.98. The zero-order valence-electron chi connectivity index (χ0n) is 14.2. The number of nitrogens with one attached hydrogen (secondary N) is 2. The molecule has 0 radical (unpaired) electrons. The Balaban J connectivity index is 1.63. The molecule has 26 heavy (non-hydrogen) atoms. The normalized spacial score (nSPS) is 11.7. The minimum absolute atomic E-state index is 0.306. The predicted molar refractivity (Wildman–Crippen MR) is 103 cm³/mol. The summed E-state index contributed by atoms with van der Waals surface area (Å²) in [6.07, 6.45) is 0.949. The first-order chi connectivity index (χ1) is 12.6. The summed E-state index contributed by atoms with van der Waals surface area (Å²) in [6.45, 7) is 0.306. The highest BCUT2D eigenvalue weighted by molar-refractivity contribution is 6.30. The number of benzene rings is 2. The van der Waals surface area contributed by atoms with Gasteiger partial charge in [0.05, 0.1) is 13.2 Å². The summed E-state index contributed by atoms with van der Waals surface area (Å²) in [5, 5.41) is 17.2. The Morgan fingerprint density at radius 3 is 2.81 bits per heavy atom. The van der Waals surface area contributed by atoms with Crippen molar-refractivity contribution in [2.24, 2.45) is 0 Å². The van der Waals surface area contributed by atoms with Crippen LogP contribution in [0.15, 0.2) is 60.8 Å². The molecule has 7 heteroatoms. The monoisotopic (exact) mass is 370 g/mol. The third kappa shape index (κ3) is 4.84. The van der Waals surface area contributed by atoms with Crippen molar-refractivity contribution in [1.82, 2.24) is 9.97 Å². The van der Waals surface area contributed by atoms with Gasteiger partial charge in [0.2, 0.25) is 5.95 Å². The van der Waals surface area contributed by atoms with Gasteiger partial charge in [0.15, 0.2) is 0 Å². The van der Waals surface area contributed by atoms with Gasteiger partial charge in [-0.1, -0.05) is 29.8 Å². The van der Waals surface area contributed by atoms with Crippen LogP contribution in [0.4, 0.5) is 17.5 Å². The molecule has 0 fully saturated rings. The van der Waals surface area contributed by atoms with Gasteiger partial charge in [-0.2, -0.15) is 4.98 Å². The van der Waals surface area contributed by atoms with Crippen molar-refractivity contribution in [2.45, 2.75) is 6.10 Å². The number of hydrogen-bond donors (Lipinski definition) is 3. The van der Waals surface area contributed by atoms with E-state index in [4.69, 9.17) is 16.3 Å². The Labute approximate surface area is 156 Å². The number of hydrogen-bond acceptors (Lipinski definition) is 6. The van der Waals surface area contributed by atoms with Crippen molar-refractivity contribution in [2.75, 3.05) is 24.3 Å². The Kier molecular flexibility index (Phi) is 5.88. The van der Waals surface area contributed by atoms with Gasteiger partial charge in [-0.25, -0.2) is 4.98 Å². The molecule has 0 aliphatic carbocycles. The van der Waals surface area contributed by atoms with E-state index in [2.05, 4.69) is 20.6 Å². The summed E-state index contributed by atoms with van der Waals surface area (Å²) in [4.78, 5) is 8.57. The van der Waals surface area contributed by atoms with Gasteiger partial charge in [0.25, 0.3) is 0 Å². The van der Waals surface area contributed by atoms with E-state index >= 15 is 0 Å². The van der Waals surface area contributed by atoms with E-state index in [-0.39, 0.29) is 0 Å². The van der Waals surface area contributed by atoms with Crippen LogP contribution in [0.5, 0.6) is 5.75 Å². The second-order valence-corrected chi connectivity index (χ2v) is 6.01. The molecule has 0 bridgehead atoms. The summed E-state index contributed by atoms with van der Waals surface area (Å²) in [5.74, 6) is 1.75. The number of aliphatic hydroxyl groups is 1. The molecule has 0 spiro atoms. The molecule has 134 valence electrons. The standard InChI is InChI=1S/C19H19ClN4O2/c1-26-16-7-2-4-13(10-16)17(25)12-22-18-8-9-21-19(24-18)23-15-6-3-5-14(20)11-15/h2-11,17,25H,12H2,1H3,(H2,21,22,23,24). The second-order valence-electron chi connectivity index (χ2n) is 5.57. The highest BCUT2D eigenvalue weighted by Gasteiger charge is 2.09. The smallest absolute Gasteiger partial charge is 0.229 e. The van der Waals surface area contributed by atoms with Crippen LogP contribution in [-0.2, 0) is 0 Å². The lowest BCUT2D eigenvalue weighted by Crippen LogP contribution is -2.13. The molecule has 6 nitrogen and oxygen atoms in total. The summed E-state index contributed by atoms with van der Waals surface area (Å²) in [7, 11) is 1.60. The van der Waals surface area contributed by atoms with Crippen LogP contribution in [0, 0.1) is 0 Å². The lowest BCUT2D eigenvalue weighted by atomic mass is 10.1. The number of halogens is 1. The summed E-state index contributed by atoms with van der Waals surface area (Å²) in [6, 6.07) is 16.4. The number of ether oxygens (including phenoxy) is 1. The Hall–Kier alpha value is -2.83. The zero-order chi connectivity index (χ0) is 18.4. The molecule has 3 aromatic rings. The fourth-order valence-corrected chi connectivity index (χ4v) is 2.57. The number of methoxy groups -OCH3 is 1. The van der Waals surface area contributed by atoms with Crippen molar-refractivity contribution in [3.63, 3.8) is 0 Å². The largest absolute Gasteiger partial charge is 0.497 e. The van der Waals surface area contributed by atoms with Gasteiger partial charge in [-0.15, -0.1) is 0 Å². The van der Waals surface area contributed by atoms with Gasteiger partial charge in [-0.3, -0.25) is 0 Å². The first-order valence-electron chi connectivity index (χ1n) is 8.05. The summed E-state index contributed by atoms with van der Waals surface area (Å²) in [5.41, 5.74) is 1.56. The average molecular weight is 371 g/mol. The van der Waals surface area contributed by atoms with Gasteiger partial charge in [0, 0.05) is 23.5 Å².